The molecule has 0 aromatic heterocycles. The second-order valence-electron chi connectivity index (χ2n) is 3.04. The molecule has 0 aromatic rings. The summed E-state index contributed by atoms with van der Waals surface area (Å²) in [6.45, 7) is 10.1. The van der Waals surface area contributed by atoms with Gasteiger partial charge in [-0.15, -0.1) is 0 Å². The maximum Gasteiger partial charge on any atom is 0.115 e. The Balaban J connectivity index is 2.85. The van der Waals surface area contributed by atoms with Crippen molar-refractivity contribution in [3.05, 3.63) is 36.6 Å². The van der Waals surface area contributed by atoms with Crippen LogP contribution in [0.1, 0.15) is 6.92 Å². The van der Waals surface area contributed by atoms with E-state index in [0.717, 1.165) is 11.3 Å². The van der Waals surface area contributed by atoms with E-state index in [-0.39, 0.29) is 6.04 Å². The molecule has 2 unspecified atom stereocenters. The Hall–Kier alpha value is -1.02. The van der Waals surface area contributed by atoms with Crippen molar-refractivity contribution < 1.29 is 4.74 Å². The van der Waals surface area contributed by atoms with E-state index in [1.165, 1.54) is 0 Å². The lowest BCUT2D eigenvalue weighted by Crippen LogP contribution is -2.38. The highest BCUT2D eigenvalue weighted by Crippen LogP contribution is 2.26. The van der Waals surface area contributed by atoms with Crippen LogP contribution < -0.4 is 5.73 Å². The van der Waals surface area contributed by atoms with Crippen molar-refractivity contribution in [3.8, 4) is 0 Å². The average molecular weight is 165 g/mol. The van der Waals surface area contributed by atoms with E-state index in [9.17, 15) is 0 Å². The van der Waals surface area contributed by atoms with Gasteiger partial charge in [-0.1, -0.05) is 32.2 Å². The molecule has 1 aliphatic heterocycles. The van der Waals surface area contributed by atoms with E-state index in [2.05, 4.69) is 20.1 Å². The standard InChI is InChI=1S/C10H15NO/c1-4-5-9-7(2)10(11)6-12-8(9)3/h4-5,7,10H,1,3,6,11H2,2H3/b9-5-. The number of rotatable bonds is 1. The quantitative estimate of drug-likeness (QED) is 0.640. The summed E-state index contributed by atoms with van der Waals surface area (Å²) in [6.07, 6.45) is 3.64. The fourth-order valence-corrected chi connectivity index (χ4v) is 1.28. The summed E-state index contributed by atoms with van der Waals surface area (Å²) in [5.74, 6) is 1.04. The van der Waals surface area contributed by atoms with Crippen LogP contribution in [0.15, 0.2) is 36.6 Å². The van der Waals surface area contributed by atoms with Crippen LogP contribution in [0.2, 0.25) is 0 Å². The van der Waals surface area contributed by atoms with Crippen LogP contribution in [0.5, 0.6) is 0 Å². The number of hydrogen-bond acceptors (Lipinski definition) is 2. The molecular formula is C10H15NO. The number of nitrogens with two attached hydrogens (primary N) is 1. The Kier molecular flexibility index (Phi) is 2.71. The molecule has 2 N–H and O–H groups in total. The molecule has 1 aliphatic rings. The predicted octanol–water partition coefficient (Wildman–Crippen LogP) is 1.61. The smallest absolute Gasteiger partial charge is 0.115 e. The number of allylic oxidation sites excluding steroid dienone is 3. The first kappa shape index (κ1) is 9.07. The highest BCUT2D eigenvalue weighted by Gasteiger charge is 2.25. The Bertz CT molecular complexity index is 230. The Morgan fingerprint density at radius 3 is 2.92 bits per heavy atom. The zero-order valence-electron chi connectivity index (χ0n) is 7.42. The van der Waals surface area contributed by atoms with Gasteiger partial charge < -0.3 is 10.5 Å². The Morgan fingerprint density at radius 1 is 1.67 bits per heavy atom. The zero-order chi connectivity index (χ0) is 9.14. The van der Waals surface area contributed by atoms with Crippen molar-refractivity contribution in [2.45, 2.75) is 13.0 Å². The zero-order valence-corrected chi connectivity index (χ0v) is 7.42. The molecule has 12 heavy (non-hydrogen) atoms. The molecule has 1 rings (SSSR count). The second kappa shape index (κ2) is 3.59. The minimum absolute atomic E-state index is 0.0710. The van der Waals surface area contributed by atoms with Gasteiger partial charge in [0.2, 0.25) is 0 Å². The maximum absolute atomic E-state index is 5.82. The third kappa shape index (κ3) is 1.59. The maximum atomic E-state index is 5.82. The van der Waals surface area contributed by atoms with E-state index in [1.54, 1.807) is 6.08 Å². The monoisotopic (exact) mass is 165 g/mol. The molecule has 2 heteroatoms. The van der Waals surface area contributed by atoms with Crippen molar-refractivity contribution >= 4 is 0 Å². The van der Waals surface area contributed by atoms with Crippen LogP contribution in [0.3, 0.4) is 0 Å². The van der Waals surface area contributed by atoms with Gasteiger partial charge in [0.25, 0.3) is 0 Å². The van der Waals surface area contributed by atoms with E-state index in [1.807, 2.05) is 6.08 Å². The average Bonchev–Trinajstić information content (AvgIpc) is 2.06. The van der Waals surface area contributed by atoms with Crippen molar-refractivity contribution in [2.24, 2.45) is 11.7 Å². The number of hydrogen-bond donors (Lipinski definition) is 1. The minimum Gasteiger partial charge on any atom is -0.492 e. The highest BCUT2D eigenvalue weighted by atomic mass is 16.5. The molecule has 1 heterocycles. The van der Waals surface area contributed by atoms with E-state index >= 15 is 0 Å². The molecule has 0 aliphatic carbocycles. The largest absolute Gasteiger partial charge is 0.492 e. The van der Waals surface area contributed by atoms with Crippen LogP contribution in [0.25, 0.3) is 0 Å². The lowest BCUT2D eigenvalue weighted by molar-refractivity contribution is 0.153. The Morgan fingerprint density at radius 2 is 2.33 bits per heavy atom. The van der Waals surface area contributed by atoms with Gasteiger partial charge in [0.15, 0.2) is 0 Å². The van der Waals surface area contributed by atoms with Crippen LogP contribution in [-0.2, 0) is 4.74 Å². The van der Waals surface area contributed by atoms with Crippen LogP contribution in [-0.4, -0.2) is 12.6 Å². The van der Waals surface area contributed by atoms with Crippen molar-refractivity contribution in [1.29, 1.82) is 0 Å². The summed E-state index contributed by atoms with van der Waals surface area (Å²) in [5.41, 5.74) is 6.88. The van der Waals surface area contributed by atoms with E-state index in [0.29, 0.717) is 12.5 Å². The summed E-state index contributed by atoms with van der Waals surface area (Å²) in [6, 6.07) is 0.0710. The highest BCUT2D eigenvalue weighted by molar-refractivity contribution is 5.31. The SMILES string of the molecule is C=C/C=C1\C(=C)OCC(N)C1C. The third-order valence-corrected chi connectivity index (χ3v) is 2.20. The first-order valence-corrected chi connectivity index (χ1v) is 4.07. The van der Waals surface area contributed by atoms with Crippen molar-refractivity contribution in [1.82, 2.24) is 0 Å². The molecule has 1 saturated heterocycles. The first-order chi connectivity index (χ1) is 5.66. The predicted molar refractivity (Wildman–Crippen MR) is 50.5 cm³/mol. The van der Waals surface area contributed by atoms with Crippen LogP contribution >= 0.6 is 0 Å². The van der Waals surface area contributed by atoms with E-state index in [4.69, 9.17) is 10.5 Å². The molecule has 0 spiro atoms. The van der Waals surface area contributed by atoms with Crippen LogP contribution in [0.4, 0.5) is 0 Å². The molecule has 0 saturated carbocycles. The normalized spacial score (nSPS) is 33.2. The minimum atomic E-state index is 0.0710. The van der Waals surface area contributed by atoms with Gasteiger partial charge in [-0.05, 0) is 5.57 Å². The summed E-state index contributed by atoms with van der Waals surface area (Å²) in [4.78, 5) is 0. The number of ether oxygens (including phenoxy) is 1. The summed E-state index contributed by atoms with van der Waals surface area (Å²) >= 11 is 0. The lowest BCUT2D eigenvalue weighted by atomic mass is 9.90. The molecule has 0 amide bonds. The molecule has 66 valence electrons. The van der Waals surface area contributed by atoms with Gasteiger partial charge in [-0.2, -0.15) is 0 Å². The molecular weight excluding hydrogens is 150 g/mol. The van der Waals surface area contributed by atoms with Gasteiger partial charge in [0, 0.05) is 12.0 Å². The van der Waals surface area contributed by atoms with Gasteiger partial charge in [-0.25, -0.2) is 0 Å². The van der Waals surface area contributed by atoms with Gasteiger partial charge in [0.1, 0.15) is 12.4 Å². The van der Waals surface area contributed by atoms with Gasteiger partial charge in [0.05, 0.1) is 0 Å². The van der Waals surface area contributed by atoms with Crippen LogP contribution in [0, 0.1) is 5.92 Å². The molecule has 2 nitrogen and oxygen atoms in total. The topological polar surface area (TPSA) is 35.2 Å². The molecule has 0 aromatic carbocycles. The fraction of sp³-hybridized carbons (Fsp3) is 0.400. The second-order valence-corrected chi connectivity index (χ2v) is 3.04. The van der Waals surface area contributed by atoms with Gasteiger partial charge >= 0.3 is 0 Å². The first-order valence-electron chi connectivity index (χ1n) is 4.07. The van der Waals surface area contributed by atoms with Crippen molar-refractivity contribution in [2.75, 3.05) is 6.61 Å². The van der Waals surface area contributed by atoms with Crippen molar-refractivity contribution in [3.63, 3.8) is 0 Å². The van der Waals surface area contributed by atoms with Gasteiger partial charge in [-0.3, -0.25) is 0 Å². The summed E-state index contributed by atoms with van der Waals surface area (Å²) in [7, 11) is 0. The van der Waals surface area contributed by atoms with E-state index < -0.39 is 0 Å². The molecule has 0 bridgehead atoms. The summed E-state index contributed by atoms with van der Waals surface area (Å²) < 4.78 is 5.29. The third-order valence-electron chi connectivity index (χ3n) is 2.20. The molecule has 0 radical (unpaired) electrons. The Labute approximate surface area is 73.4 Å². The fourth-order valence-electron chi connectivity index (χ4n) is 1.28. The summed E-state index contributed by atoms with van der Waals surface area (Å²) in [5, 5.41) is 0. The molecule has 2 atom stereocenters. The lowest BCUT2D eigenvalue weighted by Gasteiger charge is -2.30. The molecule has 1 fully saturated rings.